The van der Waals surface area contributed by atoms with Gasteiger partial charge in [0, 0.05) is 17.0 Å². The first kappa shape index (κ1) is 15.4. The van der Waals surface area contributed by atoms with Crippen LogP contribution in [0.25, 0.3) is 0 Å². The molecule has 0 bridgehead atoms. The minimum Gasteiger partial charge on any atom is -0.387 e. The average Bonchev–Trinajstić information content (AvgIpc) is 2.94. The van der Waals surface area contributed by atoms with Gasteiger partial charge in [0.2, 0.25) is 5.88 Å². The van der Waals surface area contributed by atoms with Crippen LogP contribution >= 0.6 is 11.3 Å². The van der Waals surface area contributed by atoms with Crippen LogP contribution in [-0.2, 0) is 4.84 Å². The van der Waals surface area contributed by atoms with Crippen LogP contribution in [0.2, 0.25) is 0 Å². The molecular formula is C16H26N2OS. The van der Waals surface area contributed by atoms with E-state index in [1.165, 1.54) is 23.3 Å². The van der Waals surface area contributed by atoms with Gasteiger partial charge in [-0.2, -0.15) is 0 Å². The summed E-state index contributed by atoms with van der Waals surface area (Å²) in [6, 6.07) is 2.70. The second-order valence-corrected chi connectivity index (χ2v) is 7.05. The zero-order valence-corrected chi connectivity index (χ0v) is 13.7. The second-order valence-electron chi connectivity index (χ2n) is 6.11. The maximum Gasteiger partial charge on any atom is 0.207 e. The molecule has 0 radical (unpaired) electrons. The summed E-state index contributed by atoms with van der Waals surface area (Å²) in [4.78, 5) is 7.09. The minimum atomic E-state index is 0.170. The summed E-state index contributed by atoms with van der Waals surface area (Å²) < 4.78 is 0. The van der Waals surface area contributed by atoms with Crippen molar-refractivity contribution in [2.75, 3.05) is 0 Å². The highest BCUT2D eigenvalue weighted by Crippen LogP contribution is 2.37. The molecule has 4 heteroatoms. The summed E-state index contributed by atoms with van der Waals surface area (Å²) in [5, 5.41) is 4.20. The third-order valence-corrected chi connectivity index (χ3v) is 4.90. The van der Waals surface area contributed by atoms with Crippen molar-refractivity contribution in [3.05, 3.63) is 33.8 Å². The van der Waals surface area contributed by atoms with Crippen LogP contribution in [-0.4, -0.2) is 11.1 Å². The fourth-order valence-corrected chi connectivity index (χ4v) is 3.61. The Morgan fingerprint density at radius 1 is 1.35 bits per heavy atom. The van der Waals surface area contributed by atoms with Crippen molar-refractivity contribution >= 4 is 11.3 Å². The fraction of sp³-hybridized carbons (Fsp3) is 0.625. The van der Waals surface area contributed by atoms with Gasteiger partial charge >= 0.3 is 0 Å². The van der Waals surface area contributed by atoms with E-state index < -0.39 is 0 Å². The van der Waals surface area contributed by atoms with Crippen molar-refractivity contribution in [1.82, 2.24) is 5.06 Å². The first-order valence-electron chi connectivity index (χ1n) is 7.46. The van der Waals surface area contributed by atoms with Crippen LogP contribution < -0.4 is 5.73 Å². The van der Waals surface area contributed by atoms with Gasteiger partial charge in [0.1, 0.15) is 6.04 Å². The molecule has 112 valence electrons. The van der Waals surface area contributed by atoms with Crippen LogP contribution in [0.5, 0.6) is 0 Å². The van der Waals surface area contributed by atoms with E-state index >= 15 is 0 Å². The highest BCUT2D eigenvalue weighted by atomic mass is 32.1. The van der Waals surface area contributed by atoms with E-state index in [1.54, 1.807) is 11.3 Å². The fourth-order valence-electron chi connectivity index (χ4n) is 2.63. The van der Waals surface area contributed by atoms with Gasteiger partial charge in [0.25, 0.3) is 0 Å². The second kappa shape index (κ2) is 6.64. The lowest BCUT2D eigenvalue weighted by Gasteiger charge is -2.28. The third-order valence-electron chi connectivity index (χ3n) is 3.82. The van der Waals surface area contributed by atoms with E-state index in [4.69, 9.17) is 10.6 Å². The smallest absolute Gasteiger partial charge is 0.207 e. The van der Waals surface area contributed by atoms with Crippen molar-refractivity contribution in [3.8, 4) is 0 Å². The molecule has 2 atom stereocenters. The van der Waals surface area contributed by atoms with Gasteiger partial charge in [0.15, 0.2) is 0 Å². The monoisotopic (exact) mass is 294 g/mol. The number of aryl methyl sites for hydroxylation is 1. The van der Waals surface area contributed by atoms with Gasteiger partial charge < -0.3 is 10.6 Å². The number of nitrogens with two attached hydrogens (primary N) is 1. The predicted molar refractivity (Wildman–Crippen MR) is 85.1 cm³/mol. The molecule has 2 unspecified atom stereocenters. The SMILES string of the molecule is Cc1ccsc1C1C=C(N)ON1C(C)CCCC(C)C. The molecule has 0 amide bonds. The lowest BCUT2D eigenvalue weighted by atomic mass is 10.0. The topological polar surface area (TPSA) is 38.5 Å². The van der Waals surface area contributed by atoms with Crippen LogP contribution in [0.1, 0.15) is 56.5 Å². The molecule has 2 heterocycles. The van der Waals surface area contributed by atoms with E-state index in [0.29, 0.717) is 11.9 Å². The van der Waals surface area contributed by atoms with Gasteiger partial charge in [0.05, 0.1) is 0 Å². The number of thiophene rings is 1. The van der Waals surface area contributed by atoms with Crippen LogP contribution in [0, 0.1) is 12.8 Å². The number of hydroxylamine groups is 2. The highest BCUT2D eigenvalue weighted by molar-refractivity contribution is 7.10. The number of hydrogen-bond donors (Lipinski definition) is 1. The summed E-state index contributed by atoms with van der Waals surface area (Å²) in [5.74, 6) is 1.29. The molecule has 2 rings (SSSR count). The summed E-state index contributed by atoms with van der Waals surface area (Å²) >= 11 is 1.78. The van der Waals surface area contributed by atoms with E-state index in [0.717, 1.165) is 12.3 Å². The van der Waals surface area contributed by atoms with E-state index in [2.05, 4.69) is 44.2 Å². The maximum absolute atomic E-state index is 5.89. The Morgan fingerprint density at radius 3 is 2.70 bits per heavy atom. The molecule has 1 aromatic heterocycles. The van der Waals surface area contributed by atoms with Crippen LogP contribution in [0.3, 0.4) is 0 Å². The van der Waals surface area contributed by atoms with Crippen molar-refractivity contribution < 1.29 is 4.84 Å². The molecule has 2 N–H and O–H groups in total. The average molecular weight is 294 g/mol. The Labute approximate surface area is 126 Å². The predicted octanol–water partition coefficient (Wildman–Crippen LogP) is 4.36. The zero-order chi connectivity index (χ0) is 14.7. The number of nitrogens with zero attached hydrogens (tertiary/aromatic N) is 1. The van der Waals surface area contributed by atoms with Gasteiger partial charge in [-0.3, -0.25) is 0 Å². The Morgan fingerprint density at radius 2 is 2.10 bits per heavy atom. The highest BCUT2D eigenvalue weighted by Gasteiger charge is 2.32. The lowest BCUT2D eigenvalue weighted by molar-refractivity contribution is -0.149. The van der Waals surface area contributed by atoms with Crippen molar-refractivity contribution in [2.45, 2.75) is 59.0 Å². The normalized spacial score (nSPS) is 21.1. The molecular weight excluding hydrogens is 268 g/mol. The molecule has 0 aliphatic carbocycles. The molecule has 20 heavy (non-hydrogen) atoms. The van der Waals surface area contributed by atoms with Gasteiger partial charge in [-0.15, -0.1) is 16.4 Å². The van der Waals surface area contributed by atoms with Crippen molar-refractivity contribution in [2.24, 2.45) is 11.7 Å². The molecule has 0 spiro atoms. The van der Waals surface area contributed by atoms with Gasteiger partial charge in [-0.1, -0.05) is 26.7 Å². The molecule has 0 saturated heterocycles. The third kappa shape index (κ3) is 3.55. The summed E-state index contributed by atoms with van der Waals surface area (Å²) in [5.41, 5.74) is 7.20. The zero-order valence-electron chi connectivity index (χ0n) is 12.9. The Bertz CT molecular complexity index is 467. The Balaban J connectivity index is 2.01. The quantitative estimate of drug-likeness (QED) is 0.847. The van der Waals surface area contributed by atoms with E-state index in [1.807, 2.05) is 6.08 Å². The standard InChI is InChI=1S/C16H26N2OS/c1-11(2)6-5-7-13(4)18-14(10-15(17)19-18)16-12(3)8-9-20-16/h8-11,13-14H,5-7,17H2,1-4H3. The van der Waals surface area contributed by atoms with Gasteiger partial charge in [-0.25, -0.2) is 0 Å². The van der Waals surface area contributed by atoms with Crippen LogP contribution in [0.4, 0.5) is 0 Å². The molecule has 0 saturated carbocycles. The molecule has 0 aromatic carbocycles. The summed E-state index contributed by atoms with van der Waals surface area (Å²) in [7, 11) is 0. The number of hydrogen-bond acceptors (Lipinski definition) is 4. The van der Waals surface area contributed by atoms with E-state index in [9.17, 15) is 0 Å². The Kier molecular flexibility index (Phi) is 5.11. The maximum atomic E-state index is 5.89. The molecule has 1 aromatic rings. The van der Waals surface area contributed by atoms with Crippen LogP contribution in [0.15, 0.2) is 23.4 Å². The first-order valence-corrected chi connectivity index (χ1v) is 8.34. The summed E-state index contributed by atoms with van der Waals surface area (Å²) in [6.45, 7) is 8.92. The Hall–Kier alpha value is -1.00. The molecule has 1 aliphatic rings. The van der Waals surface area contributed by atoms with E-state index in [-0.39, 0.29) is 6.04 Å². The first-order chi connectivity index (χ1) is 9.49. The molecule has 3 nitrogen and oxygen atoms in total. The number of rotatable bonds is 6. The molecule has 1 aliphatic heterocycles. The van der Waals surface area contributed by atoms with Gasteiger partial charge in [-0.05, 0) is 43.2 Å². The van der Waals surface area contributed by atoms with Crippen molar-refractivity contribution in [1.29, 1.82) is 0 Å². The molecule has 0 fully saturated rings. The lowest BCUT2D eigenvalue weighted by Crippen LogP contribution is -2.32. The largest absolute Gasteiger partial charge is 0.387 e. The minimum absolute atomic E-state index is 0.170. The summed E-state index contributed by atoms with van der Waals surface area (Å²) in [6.07, 6.45) is 5.66. The van der Waals surface area contributed by atoms with Crippen molar-refractivity contribution in [3.63, 3.8) is 0 Å².